The first kappa shape index (κ1) is 31.7. The van der Waals surface area contributed by atoms with Crippen LogP contribution in [0.5, 0.6) is 5.75 Å². The lowest BCUT2D eigenvalue weighted by Gasteiger charge is -2.32. The first-order valence-corrected chi connectivity index (χ1v) is 13.6. The number of nitrogens with one attached hydrogen (secondary N) is 2. The van der Waals surface area contributed by atoms with Gasteiger partial charge in [0.1, 0.15) is 34.8 Å². The number of carbonyl (C=O) groups excluding carboxylic acids is 2. The minimum atomic E-state index is -5.38. The van der Waals surface area contributed by atoms with E-state index >= 15 is 0 Å². The quantitative estimate of drug-likeness (QED) is 0.183. The Hall–Kier alpha value is -4.76. The van der Waals surface area contributed by atoms with E-state index in [-0.39, 0.29) is 52.9 Å². The Labute approximate surface area is 253 Å². The van der Waals surface area contributed by atoms with Crippen LogP contribution in [0.2, 0.25) is 0 Å². The Balaban J connectivity index is 1.58. The van der Waals surface area contributed by atoms with E-state index in [9.17, 15) is 37.4 Å². The first-order chi connectivity index (χ1) is 20.9. The van der Waals surface area contributed by atoms with Crippen molar-refractivity contribution in [3.8, 4) is 17.0 Å². The summed E-state index contributed by atoms with van der Waals surface area (Å²) in [5.41, 5.74) is -1.82. The average molecular weight is 632 g/mol. The lowest BCUT2D eigenvalue weighted by molar-refractivity contribution is -0.265. The molecule has 5 rings (SSSR count). The number of hydrogen-bond donors (Lipinski definition) is 5. The van der Waals surface area contributed by atoms with Gasteiger partial charge >= 0.3 is 6.18 Å². The molecule has 2 aromatic heterocycles. The van der Waals surface area contributed by atoms with Crippen LogP contribution in [0.25, 0.3) is 22.4 Å². The van der Waals surface area contributed by atoms with E-state index in [2.05, 4.69) is 20.6 Å². The molecular weight excluding hydrogens is 602 g/mol. The number of nitrogens with zero attached hydrogens (tertiary/aromatic N) is 2. The van der Waals surface area contributed by atoms with Crippen molar-refractivity contribution in [2.24, 2.45) is 0 Å². The maximum atomic E-state index is 14.7. The molecule has 2 amide bonds. The number of oxazole rings is 1. The summed E-state index contributed by atoms with van der Waals surface area (Å²) in [5.74, 6) is -2.31. The minimum absolute atomic E-state index is 0.0394. The zero-order valence-corrected chi connectivity index (χ0v) is 24.3. The van der Waals surface area contributed by atoms with Crippen molar-refractivity contribution in [1.29, 1.82) is 0 Å². The number of nitrogen functional groups attached to an aromatic ring is 1. The molecule has 0 bridgehead atoms. The summed E-state index contributed by atoms with van der Waals surface area (Å²) in [7, 11) is 0. The number of pyridine rings is 1. The highest BCUT2D eigenvalue weighted by Gasteiger charge is 2.58. The van der Waals surface area contributed by atoms with Crippen molar-refractivity contribution in [2.45, 2.75) is 43.6 Å². The third kappa shape index (κ3) is 6.00. The Morgan fingerprint density at radius 3 is 2.36 bits per heavy atom. The number of nitrogens with two attached hydrogens (primary N) is 1. The van der Waals surface area contributed by atoms with Crippen LogP contribution in [0.15, 0.2) is 52.9 Å². The molecule has 6 N–H and O–H groups in total. The van der Waals surface area contributed by atoms with Gasteiger partial charge in [0.15, 0.2) is 5.58 Å². The minimum Gasteiger partial charge on any atom is -0.489 e. The molecule has 15 heteroatoms. The van der Waals surface area contributed by atoms with Crippen LogP contribution < -0.4 is 21.1 Å². The van der Waals surface area contributed by atoms with Gasteiger partial charge in [-0.2, -0.15) is 18.2 Å². The summed E-state index contributed by atoms with van der Waals surface area (Å²) in [4.78, 5) is 34.3. The van der Waals surface area contributed by atoms with Gasteiger partial charge in [-0.15, -0.1) is 0 Å². The number of ether oxygens (including phenoxy) is 1. The number of rotatable bonds is 8. The van der Waals surface area contributed by atoms with Crippen LogP contribution in [0.3, 0.4) is 0 Å². The summed E-state index contributed by atoms with van der Waals surface area (Å²) < 4.78 is 68.9. The van der Waals surface area contributed by atoms with Crippen LogP contribution in [0, 0.1) is 5.82 Å². The number of fused-ring (bicyclic) bond motifs is 2. The lowest BCUT2D eigenvalue weighted by atomic mass is 9.81. The lowest BCUT2D eigenvalue weighted by Crippen LogP contribution is -2.52. The number of aromatic nitrogens is 2. The van der Waals surface area contributed by atoms with Gasteiger partial charge in [0.25, 0.3) is 11.9 Å². The highest BCUT2D eigenvalue weighted by atomic mass is 19.4. The van der Waals surface area contributed by atoms with E-state index in [1.54, 1.807) is 0 Å². The topological polar surface area (TPSA) is 173 Å². The Morgan fingerprint density at radius 2 is 1.71 bits per heavy atom. The smallest absolute Gasteiger partial charge is 0.424 e. The van der Waals surface area contributed by atoms with Crippen LogP contribution in [0.1, 0.15) is 42.4 Å². The van der Waals surface area contributed by atoms with E-state index < -0.39 is 52.7 Å². The maximum absolute atomic E-state index is 14.7. The van der Waals surface area contributed by atoms with Gasteiger partial charge in [-0.05, 0) is 69.3 Å². The number of aliphatic hydroxyl groups is 2. The molecule has 1 aliphatic heterocycles. The number of hydrogen-bond acceptors (Lipinski definition) is 9. The molecule has 0 fully saturated rings. The van der Waals surface area contributed by atoms with E-state index in [0.29, 0.717) is 5.52 Å². The molecule has 45 heavy (non-hydrogen) atoms. The van der Waals surface area contributed by atoms with Gasteiger partial charge in [0.2, 0.25) is 11.5 Å². The van der Waals surface area contributed by atoms with Gasteiger partial charge in [-0.25, -0.2) is 9.37 Å². The molecule has 4 aromatic rings. The fraction of sp³-hybridized carbons (Fsp3) is 0.333. The summed E-state index contributed by atoms with van der Waals surface area (Å²) in [6, 6.07) is 9.30. The van der Waals surface area contributed by atoms with Crippen LogP contribution in [0.4, 0.5) is 23.6 Å². The van der Waals surface area contributed by atoms with E-state index in [4.69, 9.17) is 14.9 Å². The fourth-order valence-electron chi connectivity index (χ4n) is 4.81. The molecular formula is C30H29F4N5O6. The predicted molar refractivity (Wildman–Crippen MR) is 152 cm³/mol. The molecule has 0 radical (unpaired) electrons. The maximum Gasteiger partial charge on any atom is 0.424 e. The second kappa shape index (κ2) is 11.0. The third-order valence-corrected chi connectivity index (χ3v) is 7.44. The number of carbonyl (C=O) groups is 2. The molecule has 1 aliphatic rings. The van der Waals surface area contributed by atoms with E-state index in [1.807, 2.05) is 0 Å². The third-order valence-electron chi connectivity index (χ3n) is 7.44. The Kier molecular flexibility index (Phi) is 7.74. The molecule has 3 heterocycles. The molecule has 0 spiro atoms. The standard InChI is InChI=1S/C30H29F4N5O6/c1-27(2,42)12-37-25(41)28(3)14-44-23-18(28)11-21(39-22(23)15-4-7-17(31)8-5-15)29(43,30(32,33)34)13-36-24(40)16-6-9-19-20(10-16)45-26(35)38-19/h4-11,42-43H,12-14H2,1-3H3,(H2,35,38)(H,36,40)(H,37,41)/t28-,29?/m0/s1. The van der Waals surface area contributed by atoms with Gasteiger partial charge in [0.05, 0.1) is 17.8 Å². The number of alkyl halides is 3. The molecule has 2 aromatic carbocycles. The van der Waals surface area contributed by atoms with Crippen molar-refractivity contribution in [2.75, 3.05) is 25.4 Å². The zero-order valence-electron chi connectivity index (χ0n) is 24.3. The van der Waals surface area contributed by atoms with Crippen molar-refractivity contribution >= 4 is 28.9 Å². The summed E-state index contributed by atoms with van der Waals surface area (Å²) in [5, 5.41) is 26.0. The molecule has 0 saturated heterocycles. The molecule has 2 atom stereocenters. The normalized spacial score (nSPS) is 17.8. The fourth-order valence-corrected chi connectivity index (χ4v) is 4.81. The monoisotopic (exact) mass is 631 g/mol. The van der Waals surface area contributed by atoms with Gasteiger partial charge in [-0.3, -0.25) is 9.59 Å². The predicted octanol–water partition coefficient (Wildman–Crippen LogP) is 3.33. The first-order valence-electron chi connectivity index (χ1n) is 13.6. The van der Waals surface area contributed by atoms with Gasteiger partial charge in [-0.1, -0.05) is 0 Å². The SMILES string of the molecule is CC(C)(O)CNC(=O)[C@@]1(C)COc2c1cc(C(O)(CNC(=O)c1ccc3nc(N)oc3c1)C(F)(F)F)nc2-c1ccc(F)cc1. The largest absolute Gasteiger partial charge is 0.489 e. The van der Waals surface area contributed by atoms with Gasteiger partial charge < -0.3 is 35.7 Å². The Morgan fingerprint density at radius 1 is 1.02 bits per heavy atom. The van der Waals surface area contributed by atoms with E-state index in [0.717, 1.165) is 18.2 Å². The van der Waals surface area contributed by atoms with Crippen molar-refractivity contribution < 1.29 is 46.5 Å². The second-order valence-corrected chi connectivity index (χ2v) is 11.6. The molecule has 1 unspecified atom stereocenters. The Bertz CT molecular complexity index is 1790. The van der Waals surface area contributed by atoms with Crippen LogP contribution in [-0.2, 0) is 15.8 Å². The number of halogens is 4. The van der Waals surface area contributed by atoms with Crippen LogP contribution in [-0.4, -0.2) is 63.5 Å². The van der Waals surface area contributed by atoms with Gasteiger partial charge in [0, 0.05) is 23.2 Å². The second-order valence-electron chi connectivity index (χ2n) is 11.6. The van der Waals surface area contributed by atoms with E-state index in [1.165, 1.54) is 51.1 Å². The number of benzene rings is 2. The van der Waals surface area contributed by atoms with Crippen molar-refractivity contribution in [3.05, 3.63) is 71.2 Å². The number of amides is 2. The highest BCUT2D eigenvalue weighted by Crippen LogP contribution is 2.48. The zero-order chi connectivity index (χ0) is 32.9. The molecule has 0 aliphatic carbocycles. The van der Waals surface area contributed by atoms with Crippen molar-refractivity contribution in [3.63, 3.8) is 0 Å². The summed E-state index contributed by atoms with van der Waals surface area (Å²) in [6.07, 6.45) is -5.38. The summed E-state index contributed by atoms with van der Waals surface area (Å²) >= 11 is 0. The molecule has 238 valence electrons. The van der Waals surface area contributed by atoms with Crippen LogP contribution >= 0.6 is 0 Å². The molecule has 11 nitrogen and oxygen atoms in total. The number of anilines is 1. The highest BCUT2D eigenvalue weighted by molar-refractivity contribution is 5.97. The van der Waals surface area contributed by atoms with Crippen molar-refractivity contribution in [1.82, 2.24) is 20.6 Å². The molecule has 0 saturated carbocycles. The summed E-state index contributed by atoms with van der Waals surface area (Å²) in [6.45, 7) is 2.49. The average Bonchev–Trinajstić information content (AvgIpc) is 3.52.